The summed E-state index contributed by atoms with van der Waals surface area (Å²) in [6.45, 7) is 5.84. The Morgan fingerprint density at radius 1 is 1.42 bits per heavy atom. The molecule has 0 saturated carbocycles. The van der Waals surface area contributed by atoms with E-state index in [0.29, 0.717) is 12.8 Å². The molecule has 106 valence electrons. The molecule has 1 rings (SSSR count). The molecule has 0 fully saturated rings. The fraction of sp³-hybridized carbons (Fsp3) is 0.533. The second kappa shape index (κ2) is 6.55. The van der Waals surface area contributed by atoms with Crippen molar-refractivity contribution >= 4 is 11.7 Å². The molecule has 1 aromatic carbocycles. The van der Waals surface area contributed by atoms with Gasteiger partial charge in [-0.05, 0) is 30.9 Å². The summed E-state index contributed by atoms with van der Waals surface area (Å²) in [5, 5.41) is 12.4. The first-order valence-electron chi connectivity index (χ1n) is 6.71. The summed E-state index contributed by atoms with van der Waals surface area (Å²) in [4.78, 5) is 11.6. The van der Waals surface area contributed by atoms with Crippen molar-refractivity contribution in [1.29, 1.82) is 0 Å². The lowest BCUT2D eigenvalue weighted by molar-refractivity contribution is -0.143. The lowest BCUT2D eigenvalue weighted by Gasteiger charge is -2.33. The summed E-state index contributed by atoms with van der Waals surface area (Å²) >= 11 is 0. The number of carboxylic acids is 1. The van der Waals surface area contributed by atoms with Crippen LogP contribution in [-0.2, 0) is 4.79 Å². The number of hydrogen-bond donors (Lipinski definition) is 2. The molecule has 19 heavy (non-hydrogen) atoms. The van der Waals surface area contributed by atoms with Gasteiger partial charge in [-0.1, -0.05) is 39.3 Å². The SMILES string of the molecule is CCC(C)CC(CC)(Nc1ccccc1F)C(=O)O. The van der Waals surface area contributed by atoms with E-state index in [2.05, 4.69) is 5.32 Å². The molecule has 0 aliphatic heterocycles. The van der Waals surface area contributed by atoms with E-state index >= 15 is 0 Å². The van der Waals surface area contributed by atoms with Crippen molar-refractivity contribution in [2.75, 3.05) is 5.32 Å². The van der Waals surface area contributed by atoms with E-state index < -0.39 is 17.3 Å². The fourth-order valence-corrected chi connectivity index (χ4v) is 2.14. The summed E-state index contributed by atoms with van der Waals surface area (Å²) < 4.78 is 13.7. The summed E-state index contributed by atoms with van der Waals surface area (Å²) in [6.07, 6.45) is 1.78. The normalized spacial score (nSPS) is 15.6. The van der Waals surface area contributed by atoms with Gasteiger partial charge < -0.3 is 10.4 Å². The first-order valence-corrected chi connectivity index (χ1v) is 6.71. The zero-order chi connectivity index (χ0) is 14.5. The van der Waals surface area contributed by atoms with Gasteiger partial charge in [0.05, 0.1) is 5.69 Å². The standard InChI is InChI=1S/C15H22FNO2/c1-4-11(3)10-15(5-2,14(18)19)17-13-9-7-6-8-12(13)16/h6-9,11,17H,4-5,10H2,1-3H3,(H,18,19). The Hall–Kier alpha value is -1.58. The Morgan fingerprint density at radius 3 is 2.53 bits per heavy atom. The second-order valence-corrected chi connectivity index (χ2v) is 5.06. The van der Waals surface area contributed by atoms with Crippen molar-refractivity contribution in [3.63, 3.8) is 0 Å². The number of para-hydroxylation sites is 1. The molecule has 0 bridgehead atoms. The van der Waals surface area contributed by atoms with Gasteiger partial charge in [-0.2, -0.15) is 0 Å². The molecule has 2 N–H and O–H groups in total. The zero-order valence-electron chi connectivity index (χ0n) is 11.7. The third kappa shape index (κ3) is 3.69. The van der Waals surface area contributed by atoms with Gasteiger partial charge in [0.2, 0.25) is 0 Å². The topological polar surface area (TPSA) is 49.3 Å². The van der Waals surface area contributed by atoms with Gasteiger partial charge in [0.15, 0.2) is 0 Å². The molecule has 0 radical (unpaired) electrons. The highest BCUT2D eigenvalue weighted by molar-refractivity contribution is 5.82. The molecule has 0 aliphatic rings. The maximum atomic E-state index is 13.7. The quantitative estimate of drug-likeness (QED) is 0.787. The zero-order valence-corrected chi connectivity index (χ0v) is 11.7. The first kappa shape index (κ1) is 15.5. The van der Waals surface area contributed by atoms with Crippen LogP contribution in [0.15, 0.2) is 24.3 Å². The number of halogens is 1. The predicted molar refractivity (Wildman–Crippen MR) is 74.8 cm³/mol. The van der Waals surface area contributed by atoms with Crippen molar-refractivity contribution in [1.82, 2.24) is 0 Å². The van der Waals surface area contributed by atoms with Crippen LogP contribution >= 0.6 is 0 Å². The molecule has 1 aromatic rings. The van der Waals surface area contributed by atoms with Gasteiger partial charge in [0.1, 0.15) is 11.4 Å². The van der Waals surface area contributed by atoms with Gasteiger partial charge in [-0.15, -0.1) is 0 Å². The summed E-state index contributed by atoms with van der Waals surface area (Å²) in [5.74, 6) is -1.10. The van der Waals surface area contributed by atoms with Crippen LogP contribution in [0.4, 0.5) is 10.1 Å². The van der Waals surface area contributed by atoms with Crippen LogP contribution < -0.4 is 5.32 Å². The third-order valence-corrected chi connectivity index (χ3v) is 3.65. The Bertz CT molecular complexity index is 436. The smallest absolute Gasteiger partial charge is 0.329 e. The molecule has 0 amide bonds. The Balaban J connectivity index is 3.04. The number of rotatable bonds is 7. The van der Waals surface area contributed by atoms with Crippen LogP contribution in [-0.4, -0.2) is 16.6 Å². The average molecular weight is 267 g/mol. The molecule has 0 aliphatic carbocycles. The summed E-state index contributed by atoms with van der Waals surface area (Å²) in [7, 11) is 0. The van der Waals surface area contributed by atoms with Crippen molar-refractivity contribution in [2.24, 2.45) is 5.92 Å². The molecule has 2 unspecified atom stereocenters. The van der Waals surface area contributed by atoms with Crippen LogP contribution in [0.25, 0.3) is 0 Å². The van der Waals surface area contributed by atoms with Gasteiger partial charge >= 0.3 is 5.97 Å². The molecule has 0 heterocycles. The number of nitrogens with one attached hydrogen (secondary N) is 1. The lowest BCUT2D eigenvalue weighted by atomic mass is 9.84. The van der Waals surface area contributed by atoms with E-state index in [4.69, 9.17) is 0 Å². The number of benzene rings is 1. The minimum Gasteiger partial charge on any atom is -0.480 e. The van der Waals surface area contributed by atoms with Gasteiger partial charge in [0.25, 0.3) is 0 Å². The average Bonchev–Trinajstić information content (AvgIpc) is 2.39. The Kier molecular flexibility index (Phi) is 5.33. The predicted octanol–water partition coefficient (Wildman–Crippen LogP) is 3.91. The molecular formula is C15H22FNO2. The maximum absolute atomic E-state index is 13.7. The van der Waals surface area contributed by atoms with Gasteiger partial charge in [0, 0.05) is 0 Å². The highest BCUT2D eigenvalue weighted by Gasteiger charge is 2.38. The monoisotopic (exact) mass is 267 g/mol. The number of anilines is 1. The number of carboxylic acid groups (broad SMARTS) is 1. The van der Waals surface area contributed by atoms with E-state index in [1.807, 2.05) is 20.8 Å². The van der Waals surface area contributed by atoms with Crippen LogP contribution in [0.1, 0.15) is 40.0 Å². The Morgan fingerprint density at radius 2 is 2.05 bits per heavy atom. The molecule has 0 saturated heterocycles. The lowest BCUT2D eigenvalue weighted by Crippen LogP contribution is -2.47. The highest BCUT2D eigenvalue weighted by atomic mass is 19.1. The number of carbonyl (C=O) groups is 1. The molecule has 3 nitrogen and oxygen atoms in total. The second-order valence-electron chi connectivity index (χ2n) is 5.06. The van der Waals surface area contributed by atoms with E-state index in [-0.39, 0.29) is 11.6 Å². The summed E-state index contributed by atoms with van der Waals surface area (Å²) in [5.41, 5.74) is -0.868. The van der Waals surface area contributed by atoms with Gasteiger partial charge in [-0.3, -0.25) is 0 Å². The molecule has 0 aromatic heterocycles. The van der Waals surface area contributed by atoms with Crippen molar-refractivity contribution in [2.45, 2.75) is 45.6 Å². The van der Waals surface area contributed by atoms with Crippen molar-refractivity contribution < 1.29 is 14.3 Å². The molecule has 2 atom stereocenters. The van der Waals surface area contributed by atoms with Crippen LogP contribution in [0.3, 0.4) is 0 Å². The maximum Gasteiger partial charge on any atom is 0.329 e. The van der Waals surface area contributed by atoms with E-state index in [0.717, 1.165) is 6.42 Å². The van der Waals surface area contributed by atoms with Crippen molar-refractivity contribution in [3.8, 4) is 0 Å². The minimum atomic E-state index is -1.11. The Labute approximate surface area is 113 Å². The van der Waals surface area contributed by atoms with Crippen molar-refractivity contribution in [3.05, 3.63) is 30.1 Å². The third-order valence-electron chi connectivity index (χ3n) is 3.65. The number of hydrogen-bond acceptors (Lipinski definition) is 2. The van der Waals surface area contributed by atoms with E-state index in [1.54, 1.807) is 18.2 Å². The van der Waals surface area contributed by atoms with Gasteiger partial charge in [-0.25, -0.2) is 9.18 Å². The van der Waals surface area contributed by atoms with E-state index in [1.165, 1.54) is 6.07 Å². The number of aliphatic carboxylic acids is 1. The summed E-state index contributed by atoms with van der Waals surface area (Å²) in [6, 6.07) is 6.17. The molecular weight excluding hydrogens is 245 g/mol. The molecule has 0 spiro atoms. The minimum absolute atomic E-state index is 0.245. The fourth-order valence-electron chi connectivity index (χ4n) is 2.14. The largest absolute Gasteiger partial charge is 0.480 e. The van der Waals surface area contributed by atoms with Crippen LogP contribution in [0.5, 0.6) is 0 Å². The van der Waals surface area contributed by atoms with Crippen LogP contribution in [0, 0.1) is 11.7 Å². The van der Waals surface area contributed by atoms with E-state index in [9.17, 15) is 14.3 Å². The first-order chi connectivity index (χ1) is 8.95. The highest BCUT2D eigenvalue weighted by Crippen LogP contribution is 2.29. The molecule has 4 heteroatoms. The van der Waals surface area contributed by atoms with Crippen LogP contribution in [0.2, 0.25) is 0 Å².